The van der Waals surface area contributed by atoms with E-state index in [9.17, 15) is 9.59 Å². The summed E-state index contributed by atoms with van der Waals surface area (Å²) in [6.45, 7) is 1.26. The van der Waals surface area contributed by atoms with Crippen LogP contribution in [0.1, 0.15) is 24.6 Å². The van der Waals surface area contributed by atoms with Crippen LogP contribution in [0, 0.1) is 0 Å². The third-order valence-corrected chi connectivity index (χ3v) is 5.58. The van der Waals surface area contributed by atoms with E-state index in [1.54, 1.807) is 23.0 Å². The number of likely N-dealkylation sites (tertiary alicyclic amines) is 1. The zero-order valence-electron chi connectivity index (χ0n) is 15.2. The van der Waals surface area contributed by atoms with E-state index in [-0.39, 0.29) is 17.5 Å². The highest BCUT2D eigenvalue weighted by molar-refractivity contribution is 7.99. The number of nitrogens with one attached hydrogen (secondary N) is 1. The maximum absolute atomic E-state index is 12.7. The Kier molecular flexibility index (Phi) is 5.52. The average molecular weight is 396 g/mol. The zero-order chi connectivity index (χ0) is 19.3. The average Bonchev–Trinajstić information content (AvgIpc) is 3.15. The first-order valence-electron chi connectivity index (χ1n) is 9.12. The normalized spacial score (nSPS) is 16.9. The Morgan fingerprint density at radius 1 is 1.18 bits per heavy atom. The number of para-hydroxylation sites is 1. The standard InChI is InChI=1S/C19H20N6O2S/c26-16(13-28-18-20-9-5-10-21-18)24-11-4-6-14(12-24)17-22-23-19(27)25(17)15-7-2-1-3-8-15/h1-3,5,7-10,14H,4,6,11-13H2,(H,23,27)/t14-/m0/s1. The lowest BCUT2D eigenvalue weighted by atomic mass is 9.97. The van der Waals surface area contributed by atoms with Crippen LogP contribution in [0.25, 0.3) is 5.69 Å². The Morgan fingerprint density at radius 2 is 1.96 bits per heavy atom. The number of carbonyl (C=O) groups is 1. The van der Waals surface area contributed by atoms with Crippen molar-refractivity contribution in [3.05, 3.63) is 65.1 Å². The number of piperidine rings is 1. The van der Waals surface area contributed by atoms with Crippen LogP contribution in [0.3, 0.4) is 0 Å². The van der Waals surface area contributed by atoms with Crippen molar-refractivity contribution in [3.8, 4) is 5.69 Å². The quantitative estimate of drug-likeness (QED) is 0.522. The summed E-state index contributed by atoms with van der Waals surface area (Å²) in [4.78, 5) is 35.1. The predicted octanol–water partition coefficient (Wildman–Crippen LogP) is 1.85. The third kappa shape index (κ3) is 3.99. The van der Waals surface area contributed by atoms with Crippen LogP contribution in [0.4, 0.5) is 0 Å². The number of carbonyl (C=O) groups excluding carboxylic acids is 1. The van der Waals surface area contributed by atoms with Crippen molar-refractivity contribution in [2.24, 2.45) is 0 Å². The van der Waals surface area contributed by atoms with E-state index in [0.717, 1.165) is 18.5 Å². The van der Waals surface area contributed by atoms with Gasteiger partial charge in [-0.05, 0) is 31.0 Å². The summed E-state index contributed by atoms with van der Waals surface area (Å²) < 4.78 is 1.60. The summed E-state index contributed by atoms with van der Waals surface area (Å²) in [7, 11) is 0. The first kappa shape index (κ1) is 18.4. The van der Waals surface area contributed by atoms with Crippen molar-refractivity contribution in [2.75, 3.05) is 18.8 Å². The highest BCUT2D eigenvalue weighted by Crippen LogP contribution is 2.27. The minimum absolute atomic E-state index is 0.00910. The minimum Gasteiger partial charge on any atom is -0.341 e. The van der Waals surface area contributed by atoms with Gasteiger partial charge in [-0.2, -0.15) is 5.10 Å². The largest absolute Gasteiger partial charge is 0.347 e. The topological polar surface area (TPSA) is 96.8 Å². The predicted molar refractivity (Wildman–Crippen MR) is 105 cm³/mol. The lowest BCUT2D eigenvalue weighted by molar-refractivity contribution is -0.129. The highest BCUT2D eigenvalue weighted by Gasteiger charge is 2.29. The fraction of sp³-hybridized carbons (Fsp3) is 0.316. The number of nitrogens with zero attached hydrogens (tertiary/aromatic N) is 5. The molecule has 9 heteroatoms. The second-order valence-corrected chi connectivity index (χ2v) is 7.50. The molecule has 1 fully saturated rings. The molecule has 1 aromatic carbocycles. The summed E-state index contributed by atoms with van der Waals surface area (Å²) in [5, 5.41) is 7.41. The van der Waals surface area contributed by atoms with Crippen LogP contribution in [0.2, 0.25) is 0 Å². The van der Waals surface area contributed by atoms with Gasteiger partial charge in [0.15, 0.2) is 5.16 Å². The van der Waals surface area contributed by atoms with Crippen LogP contribution in [-0.4, -0.2) is 54.4 Å². The van der Waals surface area contributed by atoms with Crippen LogP contribution in [0.15, 0.2) is 58.7 Å². The number of aromatic amines is 1. The zero-order valence-corrected chi connectivity index (χ0v) is 16.0. The lowest BCUT2D eigenvalue weighted by Crippen LogP contribution is -2.41. The molecular weight excluding hydrogens is 376 g/mol. The Morgan fingerprint density at radius 3 is 2.75 bits per heavy atom. The molecule has 0 spiro atoms. The summed E-state index contributed by atoms with van der Waals surface area (Å²) in [5.74, 6) is 1.02. The molecule has 1 aliphatic rings. The summed E-state index contributed by atoms with van der Waals surface area (Å²) in [6, 6.07) is 11.2. The molecule has 1 saturated heterocycles. The van der Waals surface area contributed by atoms with Gasteiger partial charge in [0.05, 0.1) is 11.4 Å². The van der Waals surface area contributed by atoms with E-state index in [4.69, 9.17) is 0 Å². The summed E-state index contributed by atoms with van der Waals surface area (Å²) >= 11 is 1.33. The third-order valence-electron chi connectivity index (χ3n) is 4.72. The maximum Gasteiger partial charge on any atom is 0.347 e. The van der Waals surface area contributed by atoms with Crippen molar-refractivity contribution in [3.63, 3.8) is 0 Å². The molecule has 4 rings (SSSR count). The first-order chi connectivity index (χ1) is 13.7. The Balaban J connectivity index is 1.47. The van der Waals surface area contributed by atoms with Crippen molar-refractivity contribution in [1.29, 1.82) is 0 Å². The fourth-order valence-electron chi connectivity index (χ4n) is 3.40. The SMILES string of the molecule is O=C(CSc1ncccn1)N1CCC[C@H](c2n[nH]c(=O)n2-c2ccccc2)C1. The molecule has 144 valence electrons. The van der Waals surface area contributed by atoms with Gasteiger partial charge >= 0.3 is 5.69 Å². The van der Waals surface area contributed by atoms with Crippen molar-refractivity contribution in [2.45, 2.75) is 23.9 Å². The second-order valence-electron chi connectivity index (χ2n) is 6.56. The Hall–Kier alpha value is -2.94. The van der Waals surface area contributed by atoms with Crippen molar-refractivity contribution >= 4 is 17.7 Å². The smallest absolute Gasteiger partial charge is 0.341 e. The molecule has 1 aliphatic heterocycles. The van der Waals surface area contributed by atoms with Gasteiger partial charge in [0.25, 0.3) is 0 Å². The molecule has 1 amide bonds. The second kappa shape index (κ2) is 8.39. The van der Waals surface area contributed by atoms with Gasteiger partial charge in [0.1, 0.15) is 5.82 Å². The van der Waals surface area contributed by atoms with E-state index >= 15 is 0 Å². The first-order valence-corrected chi connectivity index (χ1v) is 10.1. The fourth-order valence-corrected chi connectivity index (χ4v) is 4.11. The molecule has 0 radical (unpaired) electrons. The van der Waals surface area contributed by atoms with Crippen molar-refractivity contribution < 1.29 is 4.79 Å². The molecular formula is C19H20N6O2S. The molecule has 3 aromatic rings. The molecule has 3 heterocycles. The van der Waals surface area contributed by atoms with Gasteiger partial charge in [0, 0.05) is 31.4 Å². The molecule has 0 unspecified atom stereocenters. The monoisotopic (exact) mass is 396 g/mol. The van der Waals surface area contributed by atoms with E-state index < -0.39 is 0 Å². The van der Waals surface area contributed by atoms with Gasteiger partial charge in [-0.15, -0.1) is 0 Å². The van der Waals surface area contributed by atoms with Gasteiger partial charge in [-0.25, -0.2) is 24.4 Å². The van der Waals surface area contributed by atoms with Crippen molar-refractivity contribution in [1.82, 2.24) is 29.6 Å². The lowest BCUT2D eigenvalue weighted by Gasteiger charge is -2.32. The number of hydrogen-bond donors (Lipinski definition) is 1. The number of rotatable bonds is 5. The van der Waals surface area contributed by atoms with E-state index in [2.05, 4.69) is 20.2 Å². The van der Waals surface area contributed by atoms with Crippen LogP contribution in [-0.2, 0) is 4.79 Å². The van der Waals surface area contributed by atoms with Crippen LogP contribution in [0.5, 0.6) is 0 Å². The molecule has 0 saturated carbocycles. The summed E-state index contributed by atoms with van der Waals surface area (Å²) in [5.41, 5.74) is 0.512. The molecule has 28 heavy (non-hydrogen) atoms. The Labute approximate surface area is 166 Å². The number of thioether (sulfide) groups is 1. The van der Waals surface area contributed by atoms with Gasteiger partial charge in [-0.3, -0.25) is 4.79 Å². The van der Waals surface area contributed by atoms with Gasteiger partial charge in [0.2, 0.25) is 5.91 Å². The number of aromatic nitrogens is 5. The molecule has 0 bridgehead atoms. The minimum atomic E-state index is -0.263. The molecule has 1 N–H and O–H groups in total. The van der Waals surface area contributed by atoms with Gasteiger partial charge < -0.3 is 4.90 Å². The number of amides is 1. The molecule has 0 aliphatic carbocycles. The summed E-state index contributed by atoms with van der Waals surface area (Å²) in [6.07, 6.45) is 5.09. The molecule has 1 atom stereocenters. The maximum atomic E-state index is 12.7. The van der Waals surface area contributed by atoms with Crippen LogP contribution < -0.4 is 5.69 Å². The van der Waals surface area contributed by atoms with Gasteiger partial charge in [-0.1, -0.05) is 30.0 Å². The molecule has 2 aromatic heterocycles. The van der Waals surface area contributed by atoms with E-state index in [1.807, 2.05) is 35.2 Å². The molecule has 8 nitrogen and oxygen atoms in total. The van der Waals surface area contributed by atoms with E-state index in [0.29, 0.717) is 29.8 Å². The van der Waals surface area contributed by atoms with E-state index in [1.165, 1.54) is 11.8 Å². The number of benzene rings is 1. The van der Waals surface area contributed by atoms with Crippen LogP contribution >= 0.6 is 11.8 Å². The number of H-pyrrole nitrogens is 1. The Bertz CT molecular complexity index is 988. The number of hydrogen-bond acceptors (Lipinski definition) is 6. The highest BCUT2D eigenvalue weighted by atomic mass is 32.2.